The van der Waals surface area contributed by atoms with Gasteiger partial charge in [-0.05, 0) is 146 Å². The second-order valence-corrected chi connectivity index (χ2v) is 15.9. The molecule has 0 bridgehead atoms. The summed E-state index contributed by atoms with van der Waals surface area (Å²) < 4.78 is 26.3. The molecule has 242 valence electrons. The Labute approximate surface area is 279 Å². The monoisotopic (exact) mass is 637 g/mol. The molecule has 0 radical (unpaired) electrons. The summed E-state index contributed by atoms with van der Waals surface area (Å²) in [5.74, 6) is 2.07. The summed E-state index contributed by atoms with van der Waals surface area (Å²) in [7, 11) is -0.365. The SMILES string of the molecule is Cc1c(C2CCCCC2)cc(C2CCCCC2)cc1C1CCCCC1.Fc1ccc([S+](c2ccccc2)c2ccc(F)cc2)cc1. The van der Waals surface area contributed by atoms with Gasteiger partial charge in [-0.1, -0.05) is 88.1 Å². The zero-order valence-electron chi connectivity index (χ0n) is 27.7. The molecule has 3 aliphatic carbocycles. The Balaban J connectivity index is 0.000000164. The van der Waals surface area contributed by atoms with E-state index < -0.39 is 0 Å². The zero-order valence-corrected chi connectivity index (χ0v) is 28.5. The van der Waals surface area contributed by atoms with Crippen LogP contribution in [0.1, 0.15) is 136 Å². The van der Waals surface area contributed by atoms with E-state index in [1.54, 1.807) is 46.5 Å². The molecule has 0 saturated heterocycles. The highest BCUT2D eigenvalue weighted by Gasteiger charge is 2.29. The smallest absolute Gasteiger partial charge is 0.166 e. The third-order valence-electron chi connectivity index (χ3n) is 10.8. The van der Waals surface area contributed by atoms with Crippen LogP contribution in [0.15, 0.2) is 106 Å². The molecule has 0 spiro atoms. The van der Waals surface area contributed by atoms with E-state index in [0.717, 1.165) is 32.4 Å². The normalized spacial score (nSPS) is 18.3. The minimum Gasteiger partial charge on any atom is -0.207 e. The molecule has 0 heterocycles. The van der Waals surface area contributed by atoms with Gasteiger partial charge in [0.05, 0.1) is 10.9 Å². The molecular weight excluding hydrogens is 587 g/mol. The van der Waals surface area contributed by atoms with Crippen LogP contribution in [0.25, 0.3) is 0 Å². The van der Waals surface area contributed by atoms with E-state index in [9.17, 15) is 8.78 Å². The first-order valence-electron chi connectivity index (χ1n) is 18.0. The van der Waals surface area contributed by atoms with Crippen LogP contribution in [-0.2, 0) is 10.9 Å². The van der Waals surface area contributed by atoms with Crippen LogP contribution in [0.4, 0.5) is 8.78 Å². The van der Waals surface area contributed by atoms with Gasteiger partial charge in [-0.15, -0.1) is 0 Å². The molecule has 3 heteroatoms. The minimum absolute atomic E-state index is 0.255. The summed E-state index contributed by atoms with van der Waals surface area (Å²) >= 11 is 0. The fourth-order valence-electron chi connectivity index (χ4n) is 8.24. The molecule has 4 aromatic carbocycles. The van der Waals surface area contributed by atoms with Crippen molar-refractivity contribution in [3.8, 4) is 0 Å². The molecule has 0 amide bonds. The maximum atomic E-state index is 13.2. The Kier molecular flexibility index (Phi) is 11.7. The van der Waals surface area contributed by atoms with E-state index >= 15 is 0 Å². The summed E-state index contributed by atoms with van der Waals surface area (Å²) in [6, 6.07) is 28.3. The van der Waals surface area contributed by atoms with Gasteiger partial charge in [-0.3, -0.25) is 0 Å². The molecule has 3 fully saturated rings. The van der Waals surface area contributed by atoms with E-state index in [1.807, 2.05) is 30.3 Å². The maximum Gasteiger partial charge on any atom is 0.166 e. The number of halogens is 2. The molecule has 3 aliphatic rings. The summed E-state index contributed by atoms with van der Waals surface area (Å²) in [6.45, 7) is 2.47. The van der Waals surface area contributed by atoms with Gasteiger partial charge in [-0.2, -0.15) is 0 Å². The topological polar surface area (TPSA) is 0 Å². The van der Waals surface area contributed by atoms with Gasteiger partial charge in [0.15, 0.2) is 14.7 Å². The standard InChI is InChI=1S/C25H38.C18H13F2S/c1-19-24(21-13-7-3-8-14-21)17-23(20-11-5-2-6-12-20)18-25(19)22-15-9-4-10-16-22;19-14-6-10-17(11-7-14)21(16-4-2-1-3-5-16)18-12-8-15(20)9-13-18/h17-18,20-22H,2-16H2,1H3;1-13H/q;+1. The summed E-state index contributed by atoms with van der Waals surface area (Å²) in [5.41, 5.74) is 6.96. The van der Waals surface area contributed by atoms with Crippen molar-refractivity contribution in [2.45, 2.75) is 136 Å². The highest BCUT2D eigenvalue weighted by molar-refractivity contribution is 7.97. The summed E-state index contributed by atoms with van der Waals surface area (Å²) in [4.78, 5) is 3.14. The average Bonchev–Trinajstić information content (AvgIpc) is 3.12. The first kappa shape index (κ1) is 33.0. The Morgan fingerprint density at radius 1 is 0.457 bits per heavy atom. The number of hydrogen-bond acceptors (Lipinski definition) is 0. The number of benzene rings is 4. The van der Waals surface area contributed by atoms with Crippen molar-refractivity contribution in [2.24, 2.45) is 0 Å². The molecule has 0 aliphatic heterocycles. The lowest BCUT2D eigenvalue weighted by molar-refractivity contribution is 0.425. The lowest BCUT2D eigenvalue weighted by atomic mass is 9.74. The second-order valence-electron chi connectivity index (χ2n) is 13.9. The van der Waals surface area contributed by atoms with Gasteiger partial charge in [0, 0.05) is 0 Å². The molecule has 3 saturated carbocycles. The van der Waals surface area contributed by atoms with E-state index in [0.29, 0.717) is 0 Å². The van der Waals surface area contributed by atoms with Crippen LogP contribution in [-0.4, -0.2) is 0 Å². The van der Waals surface area contributed by atoms with Gasteiger partial charge >= 0.3 is 0 Å². The van der Waals surface area contributed by atoms with E-state index in [2.05, 4.69) is 19.1 Å². The summed E-state index contributed by atoms with van der Waals surface area (Å²) in [5, 5.41) is 0. The molecule has 0 N–H and O–H groups in total. The van der Waals surface area contributed by atoms with E-state index in [-0.39, 0.29) is 22.5 Å². The van der Waals surface area contributed by atoms with Crippen LogP contribution in [0, 0.1) is 18.6 Å². The van der Waals surface area contributed by atoms with Crippen LogP contribution in [0.3, 0.4) is 0 Å². The molecule has 0 aromatic heterocycles. The third-order valence-corrected chi connectivity index (χ3v) is 13.0. The molecule has 0 nitrogen and oxygen atoms in total. The average molecular weight is 638 g/mol. The van der Waals surface area contributed by atoms with Gasteiger partial charge in [0.1, 0.15) is 11.6 Å². The Hall–Kier alpha value is -2.91. The van der Waals surface area contributed by atoms with E-state index in [1.165, 1.54) is 121 Å². The van der Waals surface area contributed by atoms with Crippen molar-refractivity contribution >= 4 is 10.9 Å². The molecule has 46 heavy (non-hydrogen) atoms. The Morgan fingerprint density at radius 2 is 0.826 bits per heavy atom. The van der Waals surface area contributed by atoms with Crippen LogP contribution in [0.5, 0.6) is 0 Å². The fourth-order valence-corrected chi connectivity index (χ4v) is 10.3. The predicted molar refractivity (Wildman–Crippen MR) is 190 cm³/mol. The number of hydrogen-bond donors (Lipinski definition) is 0. The van der Waals surface area contributed by atoms with Crippen molar-refractivity contribution in [1.82, 2.24) is 0 Å². The van der Waals surface area contributed by atoms with Crippen LogP contribution >= 0.6 is 0 Å². The Morgan fingerprint density at radius 3 is 1.24 bits per heavy atom. The van der Waals surface area contributed by atoms with Crippen molar-refractivity contribution in [3.63, 3.8) is 0 Å². The largest absolute Gasteiger partial charge is 0.207 e. The van der Waals surface area contributed by atoms with Crippen molar-refractivity contribution in [2.75, 3.05) is 0 Å². The third kappa shape index (κ3) is 8.32. The van der Waals surface area contributed by atoms with Gasteiger partial charge in [0.2, 0.25) is 0 Å². The molecule has 0 atom stereocenters. The quantitative estimate of drug-likeness (QED) is 0.185. The van der Waals surface area contributed by atoms with Crippen molar-refractivity contribution < 1.29 is 8.78 Å². The molecule has 4 aromatic rings. The van der Waals surface area contributed by atoms with Gasteiger partial charge in [-0.25, -0.2) is 8.78 Å². The first-order valence-corrected chi connectivity index (χ1v) is 19.2. The van der Waals surface area contributed by atoms with Crippen LogP contribution in [0.2, 0.25) is 0 Å². The van der Waals surface area contributed by atoms with Gasteiger partial charge in [0.25, 0.3) is 0 Å². The lowest BCUT2D eigenvalue weighted by Crippen LogP contribution is -2.14. The second kappa shape index (κ2) is 16.3. The highest BCUT2D eigenvalue weighted by atomic mass is 32.2. The fraction of sp³-hybridized carbons (Fsp3) is 0.442. The molecule has 0 unspecified atom stereocenters. The van der Waals surface area contributed by atoms with Crippen molar-refractivity contribution in [3.05, 3.63) is 125 Å². The molecule has 7 rings (SSSR count). The lowest BCUT2D eigenvalue weighted by Gasteiger charge is -2.31. The van der Waals surface area contributed by atoms with Crippen LogP contribution < -0.4 is 0 Å². The number of rotatable bonds is 6. The zero-order chi connectivity index (χ0) is 31.7. The van der Waals surface area contributed by atoms with Crippen molar-refractivity contribution in [1.29, 1.82) is 0 Å². The first-order chi connectivity index (χ1) is 22.6. The van der Waals surface area contributed by atoms with Gasteiger partial charge < -0.3 is 0 Å². The summed E-state index contributed by atoms with van der Waals surface area (Å²) in [6.07, 6.45) is 21.8. The van der Waals surface area contributed by atoms with E-state index in [4.69, 9.17) is 0 Å². The highest BCUT2D eigenvalue weighted by Crippen LogP contribution is 2.43. The minimum atomic E-state index is -0.365. The predicted octanol–water partition coefficient (Wildman–Crippen LogP) is 13.2. The Bertz CT molecular complexity index is 1410. The maximum absolute atomic E-state index is 13.2. The molecular formula is C43H51F2S+.